The predicted molar refractivity (Wildman–Crippen MR) is 43.2 cm³/mol. The highest BCUT2D eigenvalue weighted by atomic mass is 19.4. The molecule has 2 nitrogen and oxygen atoms in total. The van der Waals surface area contributed by atoms with Gasteiger partial charge < -0.3 is 4.74 Å². The van der Waals surface area contributed by atoms with E-state index >= 15 is 0 Å². The number of hydrogen-bond acceptors (Lipinski definition) is 2. The molecular weight excluding hydrogens is 394 g/mol. The normalized spacial score (nSPS) is 14.3. The van der Waals surface area contributed by atoms with Gasteiger partial charge in [-0.1, -0.05) is 0 Å². The topological polar surface area (TPSA) is 18.5 Å². The molecule has 0 saturated carbocycles. The van der Waals surface area contributed by atoms with Crippen LogP contribution in [0.1, 0.15) is 0 Å². The molecule has 0 spiro atoms. The Balaban J connectivity index is 5.78. The molecule has 0 aliphatic rings. The quantitative estimate of drug-likeness (QED) is 0.421. The van der Waals surface area contributed by atoms with E-state index in [0.717, 1.165) is 0 Å². The Kier molecular flexibility index (Phi) is 6.38. The van der Waals surface area contributed by atoms with Crippen LogP contribution in [0.5, 0.6) is 0 Å². The van der Waals surface area contributed by atoms with Gasteiger partial charge in [0.15, 0.2) is 0 Å². The minimum Gasteiger partial charge on any atom is -0.397 e. The zero-order valence-corrected chi connectivity index (χ0v) is 10.3. The van der Waals surface area contributed by atoms with Gasteiger partial charge >= 0.3 is 48.9 Å². The average molecular weight is 396 g/mol. The summed E-state index contributed by atoms with van der Waals surface area (Å²) in [4.78, 5) is 0. The van der Waals surface area contributed by atoms with E-state index in [0.29, 0.717) is 0 Å². The lowest BCUT2D eigenvalue weighted by atomic mass is 10.2. The molecule has 0 unspecified atom stereocenters. The van der Waals surface area contributed by atoms with E-state index in [1.807, 2.05) is 4.74 Å². The third-order valence-electron chi connectivity index (χ3n) is 1.98. The zero-order valence-electron chi connectivity index (χ0n) is 10.3. The summed E-state index contributed by atoms with van der Waals surface area (Å²) in [6.07, 6.45) is -28.4. The molecule has 0 aromatic rings. The predicted octanol–water partition coefficient (Wildman–Crippen LogP) is 5.07. The summed E-state index contributed by atoms with van der Waals surface area (Å²) in [5.41, 5.74) is 0. The molecule has 0 heterocycles. The third-order valence-corrected chi connectivity index (χ3v) is 1.98. The summed E-state index contributed by atoms with van der Waals surface area (Å²) in [7, 11) is 0. The van der Waals surface area contributed by atoms with Crippen LogP contribution in [0.4, 0.5) is 61.5 Å². The summed E-state index contributed by atoms with van der Waals surface area (Å²) in [6, 6.07) is -3.79. The lowest BCUT2D eigenvalue weighted by Gasteiger charge is -2.34. The Morgan fingerprint density at radius 2 is 1.04 bits per heavy atom. The fraction of sp³-hybridized carbons (Fsp3) is 0.750. The molecule has 0 aliphatic carbocycles. The lowest BCUT2D eigenvalue weighted by Crippen LogP contribution is -2.61. The first kappa shape index (κ1) is 22.5. The van der Waals surface area contributed by atoms with Crippen LogP contribution >= 0.6 is 0 Å². The Hall–Kier alpha value is -1.48. The molecule has 24 heavy (non-hydrogen) atoms. The first-order chi connectivity index (χ1) is 10.4. The first-order valence-corrected chi connectivity index (χ1v) is 4.91. The third kappa shape index (κ3) is 4.13. The van der Waals surface area contributed by atoms with Crippen molar-refractivity contribution in [1.82, 2.24) is 0 Å². The number of alkyl halides is 11. The van der Waals surface area contributed by atoms with E-state index in [2.05, 4.69) is 0 Å². The largest absolute Gasteiger partial charge is 0.475 e. The van der Waals surface area contributed by atoms with Crippen molar-refractivity contribution < 1.29 is 70.9 Å². The molecule has 0 N–H and O–H groups in total. The van der Waals surface area contributed by atoms with Crippen molar-refractivity contribution >= 4 is 0 Å². The van der Waals surface area contributed by atoms with Crippen molar-refractivity contribution in [2.75, 3.05) is 0 Å². The second kappa shape index (κ2) is 6.79. The van der Waals surface area contributed by atoms with Crippen LogP contribution in [-0.4, -0.2) is 36.8 Å². The number of halogens is 14. The van der Waals surface area contributed by atoms with Gasteiger partial charge in [-0.2, -0.15) is 43.9 Å². The molecule has 16 heteroatoms. The monoisotopic (exact) mass is 396 g/mol. The maximum atomic E-state index is 12.8. The fourth-order valence-corrected chi connectivity index (χ4v) is 0.829. The van der Waals surface area contributed by atoms with E-state index in [-0.39, 0.29) is 0 Å². The Morgan fingerprint density at radius 3 is 1.33 bits per heavy atom. The highest BCUT2D eigenvalue weighted by Crippen LogP contribution is 2.51. The molecule has 0 aliphatic heterocycles. The molecule has 0 saturated heterocycles. The van der Waals surface area contributed by atoms with Crippen LogP contribution in [0.15, 0.2) is 12.1 Å². The summed E-state index contributed by atoms with van der Waals surface area (Å²) < 4.78 is 176. The summed E-state index contributed by atoms with van der Waals surface area (Å²) in [5.74, 6) is -13.5. The van der Waals surface area contributed by atoms with E-state index in [1.54, 1.807) is 4.74 Å². The van der Waals surface area contributed by atoms with Crippen molar-refractivity contribution in [2.45, 2.75) is 36.8 Å². The minimum atomic E-state index is -7.34. The molecular formula is C8H2F14O2. The zero-order chi connectivity index (χ0) is 19.7. The first-order valence-electron chi connectivity index (χ1n) is 4.91. The molecule has 0 aromatic heterocycles. The lowest BCUT2D eigenvalue weighted by molar-refractivity contribution is -0.486. The van der Waals surface area contributed by atoms with Crippen LogP contribution in [0.25, 0.3) is 0 Å². The van der Waals surface area contributed by atoms with Gasteiger partial charge in [0, 0.05) is 0 Å². The Bertz CT molecular complexity index is 459. The van der Waals surface area contributed by atoms with E-state index < -0.39 is 48.9 Å². The summed E-state index contributed by atoms with van der Waals surface area (Å²) in [5, 5.41) is 0. The average Bonchev–Trinajstić information content (AvgIpc) is 2.36. The molecule has 0 aromatic carbocycles. The van der Waals surface area contributed by atoms with Gasteiger partial charge in [-0.25, -0.2) is 17.6 Å². The Morgan fingerprint density at radius 1 is 0.667 bits per heavy atom. The van der Waals surface area contributed by atoms with Crippen LogP contribution < -0.4 is 0 Å². The molecule has 0 amide bonds. The summed E-state index contributed by atoms with van der Waals surface area (Å²) >= 11 is 0. The van der Waals surface area contributed by atoms with Crippen molar-refractivity contribution in [3.8, 4) is 0 Å². The van der Waals surface area contributed by atoms with E-state index in [4.69, 9.17) is 0 Å². The molecule has 0 rings (SSSR count). The van der Waals surface area contributed by atoms with Crippen LogP contribution in [0.3, 0.4) is 0 Å². The maximum Gasteiger partial charge on any atom is 0.475 e. The van der Waals surface area contributed by atoms with Gasteiger partial charge in [-0.3, -0.25) is 4.74 Å². The molecule has 0 atom stereocenters. The van der Waals surface area contributed by atoms with Gasteiger partial charge in [-0.05, 0) is 0 Å². The second-order valence-electron chi connectivity index (χ2n) is 3.65. The fourth-order valence-electron chi connectivity index (χ4n) is 0.829. The summed E-state index contributed by atoms with van der Waals surface area (Å²) in [6.45, 7) is 0. The number of ether oxygens (including phenoxy) is 2. The van der Waals surface area contributed by atoms with Crippen molar-refractivity contribution in [1.29, 1.82) is 0 Å². The van der Waals surface area contributed by atoms with Crippen LogP contribution in [0.2, 0.25) is 0 Å². The van der Waals surface area contributed by atoms with Gasteiger partial charge in [-0.15, -0.1) is 0 Å². The molecule has 0 fully saturated rings. The Labute approximate surface area is 121 Å². The van der Waals surface area contributed by atoms with Gasteiger partial charge in [0.05, 0.1) is 0 Å². The maximum absolute atomic E-state index is 12.8. The number of rotatable bonds is 8. The minimum absolute atomic E-state index is 1.81. The van der Waals surface area contributed by atoms with E-state index in [1.165, 1.54) is 0 Å². The molecule has 144 valence electrons. The van der Waals surface area contributed by atoms with Gasteiger partial charge in [0.2, 0.25) is 0 Å². The van der Waals surface area contributed by atoms with Gasteiger partial charge in [0.25, 0.3) is 0 Å². The van der Waals surface area contributed by atoms with Crippen LogP contribution in [0, 0.1) is 0 Å². The van der Waals surface area contributed by atoms with Crippen molar-refractivity contribution in [3.63, 3.8) is 0 Å². The number of hydrogen-bond donors (Lipinski definition) is 0. The van der Waals surface area contributed by atoms with Crippen molar-refractivity contribution in [2.24, 2.45) is 0 Å². The second-order valence-corrected chi connectivity index (χ2v) is 3.65. The van der Waals surface area contributed by atoms with Crippen molar-refractivity contribution in [3.05, 3.63) is 12.1 Å². The highest BCUT2D eigenvalue weighted by molar-refractivity contribution is 4.93. The van der Waals surface area contributed by atoms with E-state index in [9.17, 15) is 61.5 Å². The smallest absolute Gasteiger partial charge is 0.397 e. The highest BCUT2D eigenvalue weighted by Gasteiger charge is 2.79. The standard InChI is InChI=1S/C8H2F14O2/c9-1(10)2(11)23-7(19,20)6(17,18)8(21,22)24-5(16,3(12)13)4(14)15/h3-4H. The van der Waals surface area contributed by atoms with Crippen LogP contribution in [-0.2, 0) is 9.47 Å². The SMILES string of the molecule is FC(F)=C(F)OC(F)(F)C(F)(F)C(F)(F)OC(F)(C(F)F)C(F)F. The molecule has 0 radical (unpaired) electrons. The molecule has 0 bridgehead atoms. The van der Waals surface area contributed by atoms with Gasteiger partial charge in [0.1, 0.15) is 0 Å².